The Morgan fingerprint density at radius 2 is 2.12 bits per heavy atom. The van der Waals surface area contributed by atoms with Crippen LogP contribution in [0.25, 0.3) is 0 Å². The highest BCUT2D eigenvalue weighted by molar-refractivity contribution is 7.99. The first-order valence-electron chi connectivity index (χ1n) is 5.96. The summed E-state index contributed by atoms with van der Waals surface area (Å²) in [4.78, 5) is 0.642. The van der Waals surface area contributed by atoms with E-state index in [0.29, 0.717) is 16.3 Å². The highest BCUT2D eigenvalue weighted by atomic mass is 32.2. The van der Waals surface area contributed by atoms with Gasteiger partial charge in [-0.1, -0.05) is 12.8 Å². The zero-order chi connectivity index (χ0) is 12.3. The molecule has 2 nitrogen and oxygen atoms in total. The summed E-state index contributed by atoms with van der Waals surface area (Å²) < 4.78 is 18.8. The van der Waals surface area contributed by atoms with Crippen LogP contribution in [-0.4, -0.2) is 12.9 Å². The highest BCUT2D eigenvalue weighted by Gasteiger charge is 2.16. The van der Waals surface area contributed by atoms with Crippen LogP contribution in [-0.2, 0) is 0 Å². The van der Waals surface area contributed by atoms with E-state index in [-0.39, 0.29) is 5.82 Å². The van der Waals surface area contributed by atoms with Crippen LogP contribution in [0, 0.1) is 11.7 Å². The van der Waals surface area contributed by atoms with E-state index in [1.165, 1.54) is 31.7 Å². The number of hydrogen-bond acceptors (Lipinski definition) is 3. The maximum atomic E-state index is 13.7. The van der Waals surface area contributed by atoms with Crippen molar-refractivity contribution in [3.05, 3.63) is 17.9 Å². The minimum absolute atomic E-state index is 0.244. The van der Waals surface area contributed by atoms with E-state index in [2.05, 4.69) is 0 Å². The second-order valence-corrected chi connectivity index (χ2v) is 5.55. The summed E-state index contributed by atoms with van der Waals surface area (Å²) in [6.45, 7) is 0. The maximum absolute atomic E-state index is 13.7. The predicted molar refractivity (Wildman–Crippen MR) is 70.0 cm³/mol. The molecular formula is C13H18FNOS. The van der Waals surface area contributed by atoms with Gasteiger partial charge in [-0.3, -0.25) is 0 Å². The Balaban J connectivity index is 2.03. The largest absolute Gasteiger partial charge is 0.495 e. The van der Waals surface area contributed by atoms with E-state index in [1.54, 1.807) is 24.9 Å². The van der Waals surface area contributed by atoms with Gasteiger partial charge in [0.15, 0.2) is 0 Å². The lowest BCUT2D eigenvalue weighted by molar-refractivity contribution is 0.414. The molecule has 0 bridgehead atoms. The second-order valence-electron chi connectivity index (χ2n) is 4.49. The maximum Gasteiger partial charge on any atom is 0.143 e. The van der Waals surface area contributed by atoms with Gasteiger partial charge in [0.05, 0.1) is 12.8 Å². The number of ether oxygens (including phenoxy) is 1. The van der Waals surface area contributed by atoms with Crippen molar-refractivity contribution in [1.29, 1.82) is 0 Å². The number of methoxy groups -OCH3 is 1. The van der Waals surface area contributed by atoms with Crippen molar-refractivity contribution < 1.29 is 9.13 Å². The minimum Gasteiger partial charge on any atom is -0.495 e. The van der Waals surface area contributed by atoms with Crippen molar-refractivity contribution in [2.75, 3.05) is 18.6 Å². The Morgan fingerprint density at radius 3 is 2.76 bits per heavy atom. The number of thioether (sulfide) groups is 1. The summed E-state index contributed by atoms with van der Waals surface area (Å²) in [5.74, 6) is 2.04. The van der Waals surface area contributed by atoms with Crippen molar-refractivity contribution in [3.8, 4) is 5.75 Å². The zero-order valence-corrected chi connectivity index (χ0v) is 10.9. The van der Waals surface area contributed by atoms with Crippen molar-refractivity contribution >= 4 is 17.4 Å². The summed E-state index contributed by atoms with van der Waals surface area (Å²) in [5, 5.41) is 0. The van der Waals surface area contributed by atoms with Crippen LogP contribution in [0.5, 0.6) is 5.75 Å². The molecule has 2 rings (SSSR count). The van der Waals surface area contributed by atoms with Crippen molar-refractivity contribution in [1.82, 2.24) is 0 Å². The predicted octanol–water partition coefficient (Wildman–Crippen LogP) is 3.70. The van der Waals surface area contributed by atoms with Gasteiger partial charge in [0.2, 0.25) is 0 Å². The number of hydrogen-bond donors (Lipinski definition) is 1. The summed E-state index contributed by atoms with van der Waals surface area (Å²) in [6, 6.07) is 3.04. The van der Waals surface area contributed by atoms with E-state index in [9.17, 15) is 4.39 Å². The van der Waals surface area contributed by atoms with Gasteiger partial charge in [-0.25, -0.2) is 4.39 Å². The Kier molecular flexibility index (Phi) is 4.15. The SMILES string of the molecule is COc1cc(SCC2CCCC2)c(F)cc1N. The van der Waals surface area contributed by atoms with Crippen LogP contribution in [0.2, 0.25) is 0 Å². The number of rotatable bonds is 4. The number of nitrogens with two attached hydrogens (primary N) is 1. The minimum atomic E-state index is -0.244. The molecule has 0 spiro atoms. The van der Waals surface area contributed by atoms with Gasteiger partial charge < -0.3 is 10.5 Å². The Hall–Kier alpha value is -0.900. The number of benzene rings is 1. The van der Waals surface area contributed by atoms with Crippen molar-refractivity contribution in [2.24, 2.45) is 5.92 Å². The van der Waals surface area contributed by atoms with Crippen LogP contribution in [0.3, 0.4) is 0 Å². The van der Waals surface area contributed by atoms with Gasteiger partial charge in [-0.05, 0) is 24.8 Å². The standard InChI is InChI=1S/C13H18FNOS/c1-16-12-7-13(10(14)6-11(12)15)17-8-9-4-2-3-5-9/h6-7,9H,2-5,8,15H2,1H3. The van der Waals surface area contributed by atoms with Gasteiger partial charge >= 0.3 is 0 Å². The Bertz CT molecular complexity index is 391. The molecule has 17 heavy (non-hydrogen) atoms. The molecule has 1 fully saturated rings. The first-order chi connectivity index (χ1) is 8.20. The molecule has 1 aliphatic rings. The number of halogens is 1. The Morgan fingerprint density at radius 1 is 1.41 bits per heavy atom. The van der Waals surface area contributed by atoms with Gasteiger partial charge in [-0.2, -0.15) is 0 Å². The smallest absolute Gasteiger partial charge is 0.143 e. The molecule has 1 aromatic rings. The van der Waals surface area contributed by atoms with Crippen LogP contribution in [0.15, 0.2) is 17.0 Å². The van der Waals surface area contributed by atoms with Crippen LogP contribution >= 0.6 is 11.8 Å². The molecule has 0 atom stereocenters. The molecular weight excluding hydrogens is 237 g/mol. The van der Waals surface area contributed by atoms with E-state index < -0.39 is 0 Å². The fourth-order valence-electron chi connectivity index (χ4n) is 2.22. The fourth-order valence-corrected chi connectivity index (χ4v) is 3.36. The van der Waals surface area contributed by atoms with Crippen molar-refractivity contribution in [3.63, 3.8) is 0 Å². The van der Waals surface area contributed by atoms with Gasteiger partial charge in [0, 0.05) is 16.7 Å². The lowest BCUT2D eigenvalue weighted by atomic mass is 10.1. The Labute approximate surface area is 106 Å². The molecule has 0 saturated heterocycles. The first kappa shape index (κ1) is 12.6. The van der Waals surface area contributed by atoms with E-state index in [4.69, 9.17) is 10.5 Å². The first-order valence-corrected chi connectivity index (χ1v) is 6.95. The lowest BCUT2D eigenvalue weighted by Crippen LogP contribution is -1.99. The van der Waals surface area contributed by atoms with E-state index in [1.807, 2.05) is 0 Å². The summed E-state index contributed by atoms with van der Waals surface area (Å²) in [7, 11) is 1.55. The quantitative estimate of drug-likeness (QED) is 0.658. The van der Waals surface area contributed by atoms with Crippen LogP contribution in [0.1, 0.15) is 25.7 Å². The van der Waals surface area contributed by atoms with E-state index in [0.717, 1.165) is 11.7 Å². The molecule has 4 heteroatoms. The monoisotopic (exact) mass is 255 g/mol. The molecule has 2 N–H and O–H groups in total. The third-order valence-corrected chi connectivity index (χ3v) is 4.50. The van der Waals surface area contributed by atoms with Crippen molar-refractivity contribution in [2.45, 2.75) is 30.6 Å². The number of anilines is 1. The van der Waals surface area contributed by atoms with Gasteiger partial charge in [0.25, 0.3) is 0 Å². The van der Waals surface area contributed by atoms with E-state index >= 15 is 0 Å². The highest BCUT2D eigenvalue weighted by Crippen LogP contribution is 2.35. The lowest BCUT2D eigenvalue weighted by Gasteiger charge is -2.11. The molecule has 0 unspecified atom stereocenters. The third-order valence-electron chi connectivity index (χ3n) is 3.23. The molecule has 0 aliphatic heterocycles. The zero-order valence-electron chi connectivity index (χ0n) is 10.0. The normalized spacial score (nSPS) is 16.4. The molecule has 0 aromatic heterocycles. The second kappa shape index (κ2) is 5.63. The number of nitrogen functional groups attached to an aromatic ring is 1. The molecule has 0 radical (unpaired) electrons. The van der Waals surface area contributed by atoms with Crippen LogP contribution < -0.4 is 10.5 Å². The summed E-state index contributed by atoms with van der Waals surface area (Å²) in [6.07, 6.45) is 5.19. The third kappa shape index (κ3) is 3.06. The summed E-state index contributed by atoms with van der Waals surface area (Å²) >= 11 is 1.57. The molecule has 94 valence electrons. The summed E-state index contributed by atoms with van der Waals surface area (Å²) in [5.41, 5.74) is 6.00. The average Bonchev–Trinajstić information content (AvgIpc) is 2.81. The van der Waals surface area contributed by atoms with Gasteiger partial charge in [-0.15, -0.1) is 11.8 Å². The average molecular weight is 255 g/mol. The molecule has 0 heterocycles. The fraction of sp³-hybridized carbons (Fsp3) is 0.538. The molecule has 1 aliphatic carbocycles. The molecule has 0 amide bonds. The van der Waals surface area contributed by atoms with Gasteiger partial charge in [0.1, 0.15) is 11.6 Å². The topological polar surface area (TPSA) is 35.2 Å². The molecule has 1 saturated carbocycles. The molecule has 1 aromatic carbocycles. The van der Waals surface area contributed by atoms with Crippen LogP contribution in [0.4, 0.5) is 10.1 Å².